The molecule has 0 unspecified atom stereocenters. The van der Waals surface area contributed by atoms with E-state index in [-0.39, 0.29) is 0 Å². The zero-order valence-electron chi connectivity index (χ0n) is 8.93. The van der Waals surface area contributed by atoms with Crippen molar-refractivity contribution in [1.29, 1.82) is 0 Å². The summed E-state index contributed by atoms with van der Waals surface area (Å²) in [7, 11) is 0. The van der Waals surface area contributed by atoms with E-state index in [0.29, 0.717) is 6.61 Å². The first kappa shape index (κ1) is 11.4. The Morgan fingerprint density at radius 1 is 1.50 bits per heavy atom. The summed E-state index contributed by atoms with van der Waals surface area (Å²) in [5.74, 6) is 1.50. The fourth-order valence-corrected chi connectivity index (χ4v) is 1.68. The first-order chi connectivity index (χ1) is 7.81. The molecule has 2 heterocycles. The molecular formula is C11H12IN3O. The van der Waals surface area contributed by atoms with Crippen molar-refractivity contribution in [1.82, 2.24) is 14.8 Å². The van der Waals surface area contributed by atoms with E-state index in [1.807, 2.05) is 18.3 Å². The molecule has 0 spiro atoms. The lowest BCUT2D eigenvalue weighted by molar-refractivity contribution is 0.314. The normalized spacial score (nSPS) is 10.4. The molecule has 84 valence electrons. The number of aromatic nitrogens is 3. The Morgan fingerprint density at radius 2 is 2.38 bits per heavy atom. The van der Waals surface area contributed by atoms with Gasteiger partial charge >= 0.3 is 0 Å². The molecule has 0 aliphatic heterocycles. The van der Waals surface area contributed by atoms with Gasteiger partial charge in [0.15, 0.2) is 11.6 Å². The minimum Gasteiger partial charge on any atom is -0.490 e. The van der Waals surface area contributed by atoms with E-state index in [4.69, 9.17) is 4.74 Å². The highest BCUT2D eigenvalue weighted by atomic mass is 127. The second kappa shape index (κ2) is 5.29. The van der Waals surface area contributed by atoms with E-state index in [9.17, 15) is 0 Å². The molecule has 0 aromatic carbocycles. The molecule has 5 heteroatoms. The van der Waals surface area contributed by atoms with Crippen molar-refractivity contribution in [3.63, 3.8) is 0 Å². The number of pyridine rings is 1. The third kappa shape index (κ3) is 2.52. The van der Waals surface area contributed by atoms with E-state index in [2.05, 4.69) is 39.6 Å². The zero-order valence-corrected chi connectivity index (χ0v) is 11.1. The highest BCUT2D eigenvalue weighted by molar-refractivity contribution is 14.1. The fraction of sp³-hybridized carbons (Fsp3) is 0.273. The average molecular weight is 329 g/mol. The SMILES string of the molecule is CCCOc1cccnc1-n1cc(I)cn1. The third-order valence-electron chi connectivity index (χ3n) is 1.98. The van der Waals surface area contributed by atoms with Crippen molar-refractivity contribution in [2.24, 2.45) is 0 Å². The van der Waals surface area contributed by atoms with Crippen LogP contribution in [0.15, 0.2) is 30.7 Å². The molecule has 0 aliphatic carbocycles. The van der Waals surface area contributed by atoms with Gasteiger partial charge in [0.05, 0.1) is 16.4 Å². The van der Waals surface area contributed by atoms with Crippen LogP contribution in [0.4, 0.5) is 0 Å². The standard InChI is InChI=1S/C11H12IN3O/c1-2-6-16-10-4-3-5-13-11(10)15-8-9(12)7-14-15/h3-5,7-8H,2,6H2,1H3. The summed E-state index contributed by atoms with van der Waals surface area (Å²) in [4.78, 5) is 4.29. The second-order valence-corrected chi connectivity index (χ2v) is 4.52. The van der Waals surface area contributed by atoms with E-state index in [1.54, 1.807) is 17.1 Å². The minimum atomic E-state index is 0.692. The molecule has 0 bridgehead atoms. The van der Waals surface area contributed by atoms with Crippen LogP contribution in [-0.2, 0) is 0 Å². The molecule has 0 saturated carbocycles. The highest BCUT2D eigenvalue weighted by Crippen LogP contribution is 2.20. The predicted molar refractivity (Wildman–Crippen MR) is 69.9 cm³/mol. The number of rotatable bonds is 4. The predicted octanol–water partition coefficient (Wildman–Crippen LogP) is 2.66. The molecule has 0 saturated heterocycles. The van der Waals surface area contributed by atoms with Gasteiger partial charge in [0.25, 0.3) is 0 Å². The minimum absolute atomic E-state index is 0.692. The van der Waals surface area contributed by atoms with Gasteiger partial charge < -0.3 is 4.74 Å². The van der Waals surface area contributed by atoms with E-state index in [1.165, 1.54) is 0 Å². The van der Waals surface area contributed by atoms with Crippen molar-refractivity contribution in [2.45, 2.75) is 13.3 Å². The summed E-state index contributed by atoms with van der Waals surface area (Å²) in [5, 5.41) is 4.22. The fourth-order valence-electron chi connectivity index (χ4n) is 1.30. The first-order valence-corrected chi connectivity index (χ1v) is 6.17. The van der Waals surface area contributed by atoms with Crippen molar-refractivity contribution in [3.8, 4) is 11.6 Å². The van der Waals surface area contributed by atoms with Gasteiger partial charge in [-0.05, 0) is 41.1 Å². The molecule has 4 nitrogen and oxygen atoms in total. The topological polar surface area (TPSA) is 39.9 Å². The van der Waals surface area contributed by atoms with E-state index in [0.717, 1.165) is 21.6 Å². The first-order valence-electron chi connectivity index (χ1n) is 5.09. The van der Waals surface area contributed by atoms with Crippen LogP contribution in [0, 0.1) is 3.57 Å². The van der Waals surface area contributed by atoms with Gasteiger partial charge in [-0.2, -0.15) is 5.10 Å². The molecule has 0 amide bonds. The molecular weight excluding hydrogens is 317 g/mol. The van der Waals surface area contributed by atoms with Gasteiger partial charge in [0.1, 0.15) is 0 Å². The lowest BCUT2D eigenvalue weighted by Gasteiger charge is -2.08. The van der Waals surface area contributed by atoms with Crippen LogP contribution in [0.2, 0.25) is 0 Å². The van der Waals surface area contributed by atoms with Gasteiger partial charge in [0, 0.05) is 12.4 Å². The summed E-state index contributed by atoms with van der Waals surface area (Å²) >= 11 is 2.22. The molecule has 0 aliphatic rings. The number of hydrogen-bond donors (Lipinski definition) is 0. The van der Waals surface area contributed by atoms with E-state index < -0.39 is 0 Å². The lowest BCUT2D eigenvalue weighted by atomic mass is 10.4. The summed E-state index contributed by atoms with van der Waals surface area (Å²) in [6, 6.07) is 3.77. The second-order valence-electron chi connectivity index (χ2n) is 3.28. The Bertz CT molecular complexity index is 470. The summed E-state index contributed by atoms with van der Waals surface area (Å²) in [6.45, 7) is 2.77. The summed E-state index contributed by atoms with van der Waals surface area (Å²) in [5.41, 5.74) is 0. The Kier molecular flexibility index (Phi) is 3.76. The van der Waals surface area contributed by atoms with Gasteiger partial charge in [-0.1, -0.05) is 6.92 Å². The number of ether oxygens (including phenoxy) is 1. The van der Waals surface area contributed by atoms with Gasteiger partial charge in [0.2, 0.25) is 0 Å². The Morgan fingerprint density at radius 3 is 3.06 bits per heavy atom. The van der Waals surface area contributed by atoms with Crippen LogP contribution in [0.1, 0.15) is 13.3 Å². The van der Waals surface area contributed by atoms with Crippen LogP contribution in [0.5, 0.6) is 5.75 Å². The molecule has 0 radical (unpaired) electrons. The van der Waals surface area contributed by atoms with Crippen LogP contribution in [-0.4, -0.2) is 21.4 Å². The monoisotopic (exact) mass is 329 g/mol. The summed E-state index contributed by atoms with van der Waals surface area (Å²) < 4.78 is 8.43. The van der Waals surface area contributed by atoms with Crippen molar-refractivity contribution >= 4 is 22.6 Å². The molecule has 0 N–H and O–H groups in total. The van der Waals surface area contributed by atoms with Crippen molar-refractivity contribution in [3.05, 3.63) is 34.3 Å². The third-order valence-corrected chi connectivity index (χ3v) is 2.54. The van der Waals surface area contributed by atoms with Gasteiger partial charge in [-0.25, -0.2) is 9.67 Å². The van der Waals surface area contributed by atoms with Crippen molar-refractivity contribution < 1.29 is 4.74 Å². The Labute approximate surface area is 108 Å². The number of halogens is 1. The maximum Gasteiger partial charge on any atom is 0.196 e. The summed E-state index contributed by atoms with van der Waals surface area (Å²) in [6.07, 6.45) is 6.42. The van der Waals surface area contributed by atoms with Crippen LogP contribution < -0.4 is 4.74 Å². The van der Waals surface area contributed by atoms with Crippen molar-refractivity contribution in [2.75, 3.05) is 6.61 Å². The highest BCUT2D eigenvalue weighted by Gasteiger charge is 2.07. The molecule has 0 fully saturated rings. The zero-order chi connectivity index (χ0) is 11.4. The molecule has 16 heavy (non-hydrogen) atoms. The molecule has 2 aromatic rings. The van der Waals surface area contributed by atoms with Gasteiger partial charge in [-0.15, -0.1) is 0 Å². The van der Waals surface area contributed by atoms with E-state index >= 15 is 0 Å². The number of hydrogen-bond acceptors (Lipinski definition) is 3. The largest absolute Gasteiger partial charge is 0.490 e. The molecule has 2 aromatic heterocycles. The lowest BCUT2D eigenvalue weighted by Crippen LogP contribution is -2.04. The van der Waals surface area contributed by atoms with Crippen LogP contribution in [0.3, 0.4) is 0 Å². The quantitative estimate of drug-likeness (QED) is 0.810. The Hall–Kier alpha value is -1.11. The van der Waals surface area contributed by atoms with Crippen LogP contribution >= 0.6 is 22.6 Å². The maximum atomic E-state index is 5.62. The van der Waals surface area contributed by atoms with Gasteiger partial charge in [-0.3, -0.25) is 0 Å². The smallest absolute Gasteiger partial charge is 0.196 e. The maximum absolute atomic E-state index is 5.62. The number of nitrogens with zero attached hydrogens (tertiary/aromatic N) is 3. The Balaban J connectivity index is 2.32. The van der Waals surface area contributed by atoms with Crippen LogP contribution in [0.25, 0.3) is 5.82 Å². The molecule has 0 atom stereocenters. The molecule has 2 rings (SSSR count). The average Bonchev–Trinajstić information content (AvgIpc) is 2.73.